The van der Waals surface area contributed by atoms with Crippen LogP contribution >= 0.6 is 0 Å². The molecule has 0 saturated carbocycles. The van der Waals surface area contributed by atoms with Crippen molar-refractivity contribution in [3.05, 3.63) is 140 Å². The van der Waals surface area contributed by atoms with Crippen LogP contribution in [-0.4, -0.2) is 14.0 Å². The zero-order chi connectivity index (χ0) is 26.2. The minimum Gasteiger partial charge on any atom is -0.309 e. The van der Waals surface area contributed by atoms with E-state index in [4.69, 9.17) is 0 Å². The van der Waals surface area contributed by atoms with Crippen LogP contribution in [0.3, 0.4) is 0 Å². The van der Waals surface area contributed by atoms with Crippen molar-refractivity contribution in [3.8, 4) is 16.8 Å². The molecule has 3 nitrogen and oxygen atoms in total. The molecule has 0 amide bonds. The van der Waals surface area contributed by atoms with Gasteiger partial charge in [-0.05, 0) is 47.3 Å². The molecule has 4 heterocycles. The smallest absolute Gasteiger partial charge is 0.0651 e. The lowest BCUT2D eigenvalue weighted by Gasteiger charge is -2.13. The van der Waals surface area contributed by atoms with Crippen molar-refractivity contribution in [1.82, 2.24) is 14.0 Å². The van der Waals surface area contributed by atoms with Crippen LogP contribution in [-0.2, 0) is 0 Å². The van der Waals surface area contributed by atoms with Gasteiger partial charge in [0.2, 0.25) is 0 Å². The summed E-state index contributed by atoms with van der Waals surface area (Å²) in [5.41, 5.74) is 9.39. The summed E-state index contributed by atoms with van der Waals surface area (Å²) in [5, 5.41) is 7.60. The van der Waals surface area contributed by atoms with Gasteiger partial charge >= 0.3 is 0 Å². The van der Waals surface area contributed by atoms with Gasteiger partial charge in [-0.25, -0.2) is 0 Å². The molecule has 0 fully saturated rings. The Balaban J connectivity index is 1.48. The van der Waals surface area contributed by atoms with Crippen molar-refractivity contribution in [3.63, 3.8) is 0 Å². The number of rotatable bonds is 2. The highest BCUT2D eigenvalue weighted by Crippen LogP contribution is 2.42. The lowest BCUT2D eigenvalue weighted by molar-refractivity contribution is 1.14. The van der Waals surface area contributed by atoms with E-state index in [-0.39, 0.29) is 0 Å². The van der Waals surface area contributed by atoms with E-state index in [1.807, 2.05) is 18.5 Å². The first-order valence-corrected chi connectivity index (χ1v) is 13.6. The third-order valence-electron chi connectivity index (χ3n) is 8.33. The monoisotopic (exact) mass is 509 g/mol. The Morgan fingerprint density at radius 3 is 1.98 bits per heavy atom. The molecule has 0 saturated heterocycles. The fourth-order valence-electron chi connectivity index (χ4n) is 6.66. The maximum absolute atomic E-state index is 4.69. The molecule has 9 aromatic rings. The summed E-state index contributed by atoms with van der Waals surface area (Å²) in [5.74, 6) is 0. The van der Waals surface area contributed by atoms with E-state index in [1.165, 1.54) is 59.9 Å². The molecule has 9 rings (SSSR count). The van der Waals surface area contributed by atoms with Gasteiger partial charge in [-0.15, -0.1) is 0 Å². The second-order valence-corrected chi connectivity index (χ2v) is 10.5. The summed E-state index contributed by atoms with van der Waals surface area (Å²) in [7, 11) is 0. The SMILES string of the molecule is c1ccc(-c2cncc(-n3c4ccccc4c4c5c6ccccc6c6cc7ccccc7n6c5ccc43)c2)cc1. The van der Waals surface area contributed by atoms with Gasteiger partial charge in [0.05, 0.1) is 39.5 Å². The molecule has 0 aliphatic carbocycles. The minimum atomic E-state index is 1.06. The van der Waals surface area contributed by atoms with Gasteiger partial charge in [0.25, 0.3) is 0 Å². The van der Waals surface area contributed by atoms with Crippen LogP contribution in [0.2, 0.25) is 0 Å². The predicted octanol–water partition coefficient (Wildman–Crippen LogP) is 9.56. The van der Waals surface area contributed by atoms with Crippen molar-refractivity contribution in [2.24, 2.45) is 0 Å². The van der Waals surface area contributed by atoms with Gasteiger partial charge in [-0.1, -0.05) is 91.0 Å². The number of aromatic nitrogens is 3. The summed E-state index contributed by atoms with van der Waals surface area (Å²) in [6, 6.07) is 45.9. The number of hydrogen-bond acceptors (Lipinski definition) is 1. The first-order chi connectivity index (χ1) is 19.9. The van der Waals surface area contributed by atoms with Gasteiger partial charge in [-0.3, -0.25) is 4.98 Å². The molecular weight excluding hydrogens is 486 g/mol. The molecule has 186 valence electrons. The molecule has 0 bridgehead atoms. The molecule has 0 unspecified atom stereocenters. The minimum absolute atomic E-state index is 1.06. The number of hydrogen-bond donors (Lipinski definition) is 0. The molecular formula is C37H23N3. The zero-order valence-electron chi connectivity index (χ0n) is 21.6. The maximum atomic E-state index is 4.69. The maximum Gasteiger partial charge on any atom is 0.0651 e. The summed E-state index contributed by atoms with van der Waals surface area (Å²) in [4.78, 5) is 4.69. The topological polar surface area (TPSA) is 22.2 Å². The average molecular weight is 510 g/mol. The highest BCUT2D eigenvalue weighted by molar-refractivity contribution is 6.30. The summed E-state index contributed by atoms with van der Waals surface area (Å²) >= 11 is 0. The lowest BCUT2D eigenvalue weighted by atomic mass is 10.00. The Morgan fingerprint density at radius 1 is 0.425 bits per heavy atom. The molecule has 0 radical (unpaired) electrons. The van der Waals surface area contributed by atoms with Crippen LogP contribution < -0.4 is 0 Å². The van der Waals surface area contributed by atoms with E-state index in [2.05, 4.69) is 135 Å². The number of pyridine rings is 2. The highest BCUT2D eigenvalue weighted by atomic mass is 15.0. The molecule has 0 aliphatic rings. The quantitative estimate of drug-likeness (QED) is 0.213. The standard InChI is InChI=1S/C37H23N3/c1-2-10-24(11-3-1)26-20-27(23-38-22-26)39-32-17-9-7-15-30(32)37-33(39)18-19-34-36(37)29-14-6-5-13-28(29)35-21-25-12-4-8-16-31(25)40(34)35/h1-23H. The van der Waals surface area contributed by atoms with Gasteiger partial charge < -0.3 is 8.97 Å². The van der Waals surface area contributed by atoms with Crippen molar-refractivity contribution >= 4 is 59.9 Å². The first kappa shape index (κ1) is 21.5. The number of fused-ring (bicyclic) bond motifs is 12. The van der Waals surface area contributed by atoms with Crippen LogP contribution in [0.25, 0.3) is 76.7 Å². The number of benzene rings is 5. The van der Waals surface area contributed by atoms with E-state index < -0.39 is 0 Å². The lowest BCUT2D eigenvalue weighted by Crippen LogP contribution is -1.96. The summed E-state index contributed by atoms with van der Waals surface area (Å²) in [6.45, 7) is 0. The van der Waals surface area contributed by atoms with Gasteiger partial charge in [-0.2, -0.15) is 0 Å². The average Bonchev–Trinajstić information content (AvgIpc) is 3.58. The second kappa shape index (κ2) is 8.05. The molecule has 0 aliphatic heterocycles. The number of para-hydroxylation sites is 2. The Hall–Kier alpha value is -5.41. The van der Waals surface area contributed by atoms with Crippen LogP contribution in [0.1, 0.15) is 0 Å². The molecule has 4 aromatic heterocycles. The molecule has 40 heavy (non-hydrogen) atoms. The van der Waals surface area contributed by atoms with Crippen molar-refractivity contribution in [1.29, 1.82) is 0 Å². The fourth-order valence-corrected chi connectivity index (χ4v) is 6.66. The second-order valence-electron chi connectivity index (χ2n) is 10.5. The third kappa shape index (κ3) is 2.86. The van der Waals surface area contributed by atoms with E-state index in [0.29, 0.717) is 0 Å². The van der Waals surface area contributed by atoms with Crippen molar-refractivity contribution in [2.75, 3.05) is 0 Å². The van der Waals surface area contributed by atoms with Crippen LogP contribution in [0, 0.1) is 0 Å². The zero-order valence-corrected chi connectivity index (χ0v) is 21.6. The molecule has 5 aromatic carbocycles. The van der Waals surface area contributed by atoms with Crippen LogP contribution in [0.4, 0.5) is 0 Å². The highest BCUT2D eigenvalue weighted by Gasteiger charge is 2.19. The van der Waals surface area contributed by atoms with Gasteiger partial charge in [0.15, 0.2) is 0 Å². The van der Waals surface area contributed by atoms with Crippen LogP contribution in [0.15, 0.2) is 140 Å². The largest absolute Gasteiger partial charge is 0.309 e. The Bertz CT molecular complexity index is 2430. The molecule has 0 atom stereocenters. The molecule has 3 heteroatoms. The van der Waals surface area contributed by atoms with E-state index >= 15 is 0 Å². The van der Waals surface area contributed by atoms with E-state index in [0.717, 1.165) is 16.8 Å². The summed E-state index contributed by atoms with van der Waals surface area (Å²) in [6.07, 6.45) is 3.92. The normalized spacial score (nSPS) is 12.0. The Kier molecular flexibility index (Phi) is 4.33. The predicted molar refractivity (Wildman–Crippen MR) is 167 cm³/mol. The fraction of sp³-hybridized carbons (Fsp3) is 0. The molecule has 0 spiro atoms. The first-order valence-electron chi connectivity index (χ1n) is 13.6. The summed E-state index contributed by atoms with van der Waals surface area (Å²) < 4.78 is 4.81. The third-order valence-corrected chi connectivity index (χ3v) is 8.33. The van der Waals surface area contributed by atoms with Gasteiger partial charge in [0, 0.05) is 38.7 Å². The van der Waals surface area contributed by atoms with E-state index in [1.54, 1.807) is 0 Å². The van der Waals surface area contributed by atoms with Crippen molar-refractivity contribution in [2.45, 2.75) is 0 Å². The number of nitrogens with zero attached hydrogens (tertiary/aromatic N) is 3. The molecule has 0 N–H and O–H groups in total. The van der Waals surface area contributed by atoms with Gasteiger partial charge in [0.1, 0.15) is 0 Å². The van der Waals surface area contributed by atoms with Crippen molar-refractivity contribution < 1.29 is 0 Å². The Labute approximate surface area is 230 Å². The Morgan fingerprint density at radius 2 is 1.10 bits per heavy atom. The van der Waals surface area contributed by atoms with Crippen LogP contribution in [0.5, 0.6) is 0 Å². The van der Waals surface area contributed by atoms with E-state index in [9.17, 15) is 0 Å².